The minimum absolute atomic E-state index is 0.0948. The Bertz CT molecular complexity index is 656. The molecule has 2 aromatic carbocycles. The highest BCUT2D eigenvalue weighted by molar-refractivity contribution is 5.78. The van der Waals surface area contributed by atoms with Gasteiger partial charge >= 0.3 is 5.97 Å². The van der Waals surface area contributed by atoms with Crippen LogP contribution in [-0.4, -0.2) is 17.0 Å². The second kappa shape index (κ2) is 8.08. The molecule has 0 aliphatic heterocycles. The number of carbonyl (C=O) groups excluding carboxylic acids is 1. The second-order valence-corrected chi connectivity index (χ2v) is 5.31. The topological polar surface area (TPSA) is 66.4 Å². The summed E-state index contributed by atoms with van der Waals surface area (Å²) in [5, 5.41) is 11.8. The van der Waals surface area contributed by atoms with Gasteiger partial charge in [0.2, 0.25) is 5.91 Å². The lowest BCUT2D eigenvalue weighted by Crippen LogP contribution is -2.25. The van der Waals surface area contributed by atoms with E-state index in [2.05, 4.69) is 5.32 Å². The van der Waals surface area contributed by atoms with Gasteiger partial charge in [0.05, 0.1) is 6.42 Å². The van der Waals surface area contributed by atoms with Crippen molar-refractivity contribution in [3.8, 4) is 0 Å². The summed E-state index contributed by atoms with van der Waals surface area (Å²) in [5.41, 5.74) is 1.61. The van der Waals surface area contributed by atoms with Crippen molar-refractivity contribution in [3.63, 3.8) is 0 Å². The summed E-state index contributed by atoms with van der Waals surface area (Å²) < 4.78 is 12.8. The Hall–Kier alpha value is -2.69. The van der Waals surface area contributed by atoms with Crippen molar-refractivity contribution in [2.24, 2.45) is 0 Å². The van der Waals surface area contributed by atoms with Crippen molar-refractivity contribution < 1.29 is 19.1 Å². The lowest BCUT2D eigenvalue weighted by molar-refractivity contribution is -0.137. The van der Waals surface area contributed by atoms with E-state index >= 15 is 0 Å². The fourth-order valence-electron chi connectivity index (χ4n) is 2.34. The van der Waals surface area contributed by atoms with E-state index in [0.717, 1.165) is 11.1 Å². The molecule has 0 fully saturated rings. The highest BCUT2D eigenvalue weighted by atomic mass is 19.1. The molecule has 0 aliphatic rings. The molecule has 0 saturated carbocycles. The van der Waals surface area contributed by atoms with Crippen LogP contribution in [0.3, 0.4) is 0 Å². The maximum Gasteiger partial charge on any atom is 0.303 e. The second-order valence-electron chi connectivity index (χ2n) is 5.31. The first kappa shape index (κ1) is 16.7. The molecule has 1 amide bonds. The Morgan fingerprint density at radius 2 is 1.65 bits per heavy atom. The van der Waals surface area contributed by atoms with Crippen LogP contribution in [0.5, 0.6) is 0 Å². The molecule has 2 rings (SSSR count). The van der Waals surface area contributed by atoms with Gasteiger partial charge in [-0.15, -0.1) is 0 Å². The van der Waals surface area contributed by atoms with E-state index in [4.69, 9.17) is 5.11 Å². The van der Waals surface area contributed by atoms with Gasteiger partial charge in [0.15, 0.2) is 0 Å². The zero-order valence-electron chi connectivity index (χ0n) is 12.5. The third-order valence-electron chi connectivity index (χ3n) is 3.53. The largest absolute Gasteiger partial charge is 0.481 e. The predicted octanol–water partition coefficient (Wildman–Crippen LogP) is 3.09. The van der Waals surface area contributed by atoms with Gasteiger partial charge in [-0.1, -0.05) is 42.5 Å². The van der Waals surface area contributed by atoms with Crippen molar-refractivity contribution in [2.75, 3.05) is 0 Å². The molecule has 0 spiro atoms. The Kier molecular flexibility index (Phi) is 5.86. The lowest BCUT2D eigenvalue weighted by Gasteiger charge is -2.15. The molecular weight excluding hydrogens is 297 g/mol. The number of carboxylic acid groups (broad SMARTS) is 1. The summed E-state index contributed by atoms with van der Waals surface area (Å²) in [6.07, 6.45) is -0.00844. The van der Waals surface area contributed by atoms with Crippen molar-refractivity contribution in [2.45, 2.75) is 25.3 Å². The highest BCUT2D eigenvalue weighted by Gasteiger charge is 2.19. The quantitative estimate of drug-likeness (QED) is 0.825. The van der Waals surface area contributed by atoms with Gasteiger partial charge < -0.3 is 10.4 Å². The van der Waals surface area contributed by atoms with Crippen molar-refractivity contribution in [1.82, 2.24) is 5.32 Å². The average Bonchev–Trinajstić information content (AvgIpc) is 2.54. The van der Waals surface area contributed by atoms with Gasteiger partial charge in [-0.25, -0.2) is 4.39 Å². The van der Waals surface area contributed by atoms with E-state index in [0.29, 0.717) is 0 Å². The number of halogens is 1. The molecule has 0 radical (unpaired) electrons. The standard InChI is InChI=1S/C18H18FNO3/c19-16-8-6-13(7-9-16)12-20-17(21)10-15(11-18(22)23)14-4-2-1-3-5-14/h1-9,15H,10-12H2,(H,20,21)(H,22,23)/t15-/m0/s1. The number of amides is 1. The smallest absolute Gasteiger partial charge is 0.303 e. The van der Waals surface area contributed by atoms with E-state index in [-0.39, 0.29) is 37.0 Å². The van der Waals surface area contributed by atoms with Crippen LogP contribution in [0, 0.1) is 5.82 Å². The number of hydrogen-bond donors (Lipinski definition) is 2. The Morgan fingerprint density at radius 3 is 2.26 bits per heavy atom. The molecule has 2 aromatic rings. The first-order chi connectivity index (χ1) is 11.0. The molecule has 0 heterocycles. The number of rotatable bonds is 7. The number of benzene rings is 2. The molecule has 5 heteroatoms. The molecule has 0 aliphatic carbocycles. The predicted molar refractivity (Wildman–Crippen MR) is 84.3 cm³/mol. The van der Waals surface area contributed by atoms with Gasteiger partial charge in [0, 0.05) is 18.9 Å². The average molecular weight is 315 g/mol. The molecule has 4 nitrogen and oxygen atoms in total. The van der Waals surface area contributed by atoms with E-state index in [1.165, 1.54) is 12.1 Å². The Balaban J connectivity index is 1.94. The molecule has 2 N–H and O–H groups in total. The molecule has 0 saturated heterocycles. The molecule has 0 bridgehead atoms. The van der Waals surface area contributed by atoms with Gasteiger partial charge in [0.1, 0.15) is 5.82 Å². The minimum Gasteiger partial charge on any atom is -0.481 e. The third-order valence-corrected chi connectivity index (χ3v) is 3.53. The number of carbonyl (C=O) groups is 2. The maximum atomic E-state index is 12.8. The molecule has 1 atom stereocenters. The van der Waals surface area contributed by atoms with E-state index in [1.54, 1.807) is 12.1 Å². The fourth-order valence-corrected chi connectivity index (χ4v) is 2.34. The zero-order chi connectivity index (χ0) is 16.7. The zero-order valence-corrected chi connectivity index (χ0v) is 12.5. The number of carboxylic acids is 1. The van der Waals surface area contributed by atoms with Gasteiger partial charge in [-0.3, -0.25) is 9.59 Å². The number of aliphatic carboxylic acids is 1. The van der Waals surface area contributed by atoms with Crippen molar-refractivity contribution >= 4 is 11.9 Å². The van der Waals surface area contributed by atoms with Crippen LogP contribution in [0.25, 0.3) is 0 Å². The molecule has 120 valence electrons. The summed E-state index contributed by atoms with van der Waals surface area (Å²) in [7, 11) is 0. The van der Waals surface area contributed by atoms with E-state index < -0.39 is 5.97 Å². The first-order valence-corrected chi connectivity index (χ1v) is 7.32. The first-order valence-electron chi connectivity index (χ1n) is 7.32. The maximum absolute atomic E-state index is 12.8. The van der Waals surface area contributed by atoms with Crippen LogP contribution in [0.4, 0.5) is 4.39 Å². The van der Waals surface area contributed by atoms with Crippen molar-refractivity contribution in [3.05, 3.63) is 71.5 Å². The third kappa shape index (κ3) is 5.54. The Morgan fingerprint density at radius 1 is 1.00 bits per heavy atom. The van der Waals surface area contributed by atoms with Crippen LogP contribution in [0.1, 0.15) is 29.9 Å². The summed E-state index contributed by atoms with van der Waals surface area (Å²) in [5.74, 6) is -1.87. The summed E-state index contributed by atoms with van der Waals surface area (Å²) in [4.78, 5) is 23.1. The Labute approximate surface area is 134 Å². The van der Waals surface area contributed by atoms with Crippen LogP contribution < -0.4 is 5.32 Å². The molecular formula is C18H18FNO3. The van der Waals surface area contributed by atoms with Crippen LogP contribution in [0.2, 0.25) is 0 Å². The van der Waals surface area contributed by atoms with Gasteiger partial charge in [0.25, 0.3) is 0 Å². The molecule has 23 heavy (non-hydrogen) atoms. The monoisotopic (exact) mass is 315 g/mol. The summed E-state index contributed by atoms with van der Waals surface area (Å²) in [6.45, 7) is 0.285. The van der Waals surface area contributed by atoms with Gasteiger partial charge in [-0.2, -0.15) is 0 Å². The molecule has 0 unspecified atom stereocenters. The number of hydrogen-bond acceptors (Lipinski definition) is 2. The lowest BCUT2D eigenvalue weighted by atomic mass is 9.92. The summed E-state index contributed by atoms with van der Waals surface area (Å²) in [6, 6.07) is 15.0. The SMILES string of the molecule is O=C(O)C[C@H](CC(=O)NCc1ccc(F)cc1)c1ccccc1. The van der Waals surface area contributed by atoms with E-state index in [9.17, 15) is 14.0 Å². The minimum atomic E-state index is -0.940. The molecule has 0 aromatic heterocycles. The number of nitrogens with one attached hydrogen (secondary N) is 1. The van der Waals surface area contributed by atoms with Crippen LogP contribution >= 0.6 is 0 Å². The van der Waals surface area contributed by atoms with E-state index in [1.807, 2.05) is 30.3 Å². The highest BCUT2D eigenvalue weighted by Crippen LogP contribution is 2.23. The fraction of sp³-hybridized carbons (Fsp3) is 0.222. The summed E-state index contributed by atoms with van der Waals surface area (Å²) >= 11 is 0. The van der Waals surface area contributed by atoms with Crippen LogP contribution in [0.15, 0.2) is 54.6 Å². The van der Waals surface area contributed by atoms with Gasteiger partial charge in [-0.05, 0) is 23.3 Å². The van der Waals surface area contributed by atoms with Crippen molar-refractivity contribution in [1.29, 1.82) is 0 Å². The normalized spacial score (nSPS) is 11.7. The van der Waals surface area contributed by atoms with Crippen LogP contribution in [-0.2, 0) is 16.1 Å².